The van der Waals surface area contributed by atoms with Gasteiger partial charge in [0.05, 0.1) is 9.88 Å². The minimum atomic E-state index is -0.959. The van der Waals surface area contributed by atoms with Gasteiger partial charge in [-0.1, -0.05) is 52.0 Å². The lowest BCUT2D eigenvalue weighted by molar-refractivity contribution is 0.0692. The van der Waals surface area contributed by atoms with Gasteiger partial charge in [0, 0.05) is 5.92 Å². The van der Waals surface area contributed by atoms with E-state index in [1.165, 1.54) is 16.9 Å². The molecule has 0 aliphatic rings. The largest absolute Gasteiger partial charge is 0.476 e. The lowest BCUT2D eigenvalue weighted by atomic mass is 10.0. The number of rotatable bonds is 5. The van der Waals surface area contributed by atoms with E-state index in [1.54, 1.807) is 0 Å². The number of aromatic nitrogens is 1. The molecule has 0 aliphatic carbocycles. The zero-order chi connectivity index (χ0) is 15.6. The summed E-state index contributed by atoms with van der Waals surface area (Å²) in [5.41, 5.74) is 2.38. The molecular weight excluding hydrogens is 282 g/mol. The van der Waals surface area contributed by atoms with Crippen molar-refractivity contribution in [3.8, 4) is 10.4 Å². The summed E-state index contributed by atoms with van der Waals surface area (Å²) in [5, 5.41) is 10.2. The number of aromatic carboxylic acids is 1. The van der Waals surface area contributed by atoms with Crippen LogP contribution in [-0.2, 0) is 6.42 Å². The number of benzene rings is 1. The monoisotopic (exact) mass is 303 g/mol. The average Bonchev–Trinajstić information content (AvgIpc) is 2.84. The molecule has 0 spiro atoms. The highest BCUT2D eigenvalue weighted by atomic mass is 32.1. The van der Waals surface area contributed by atoms with Gasteiger partial charge >= 0.3 is 5.97 Å². The molecule has 1 heterocycles. The van der Waals surface area contributed by atoms with Crippen LogP contribution >= 0.6 is 11.3 Å². The van der Waals surface area contributed by atoms with Crippen molar-refractivity contribution in [3.63, 3.8) is 0 Å². The predicted octanol–water partition coefficient (Wildman–Crippen LogP) is 4.83. The van der Waals surface area contributed by atoms with Gasteiger partial charge in [-0.05, 0) is 23.5 Å². The van der Waals surface area contributed by atoms with E-state index >= 15 is 0 Å². The molecule has 1 aromatic carbocycles. The third-order valence-corrected chi connectivity index (χ3v) is 4.61. The third kappa shape index (κ3) is 3.70. The first kappa shape index (κ1) is 15.7. The van der Waals surface area contributed by atoms with Crippen LogP contribution in [0, 0.1) is 5.92 Å². The molecule has 0 unspecified atom stereocenters. The number of thiazole rings is 1. The Labute approximate surface area is 129 Å². The molecular formula is C17H21NO2S. The highest BCUT2D eigenvalue weighted by molar-refractivity contribution is 7.15. The van der Waals surface area contributed by atoms with Crippen molar-refractivity contribution in [1.82, 2.24) is 4.98 Å². The molecule has 21 heavy (non-hydrogen) atoms. The van der Waals surface area contributed by atoms with E-state index in [2.05, 4.69) is 31.0 Å². The first-order valence-electron chi connectivity index (χ1n) is 7.21. The van der Waals surface area contributed by atoms with Crippen molar-refractivity contribution in [1.29, 1.82) is 0 Å². The van der Waals surface area contributed by atoms with Crippen LogP contribution in [0.1, 0.15) is 54.7 Å². The quantitative estimate of drug-likeness (QED) is 0.860. The van der Waals surface area contributed by atoms with Gasteiger partial charge in [0.25, 0.3) is 0 Å². The molecule has 2 rings (SSSR count). The van der Waals surface area contributed by atoms with E-state index in [9.17, 15) is 9.90 Å². The first-order valence-corrected chi connectivity index (χ1v) is 8.03. The van der Waals surface area contributed by atoms with Gasteiger partial charge in [-0.2, -0.15) is 0 Å². The Morgan fingerprint density at radius 1 is 1.19 bits per heavy atom. The number of nitrogens with zero attached hydrogens (tertiary/aromatic N) is 1. The summed E-state index contributed by atoms with van der Waals surface area (Å²) < 4.78 is 0. The maximum atomic E-state index is 11.4. The number of hydrogen-bond donors (Lipinski definition) is 1. The van der Waals surface area contributed by atoms with Gasteiger partial charge in [-0.25, -0.2) is 9.78 Å². The van der Waals surface area contributed by atoms with Gasteiger partial charge in [0.2, 0.25) is 0 Å². The SMILES string of the molecule is CC(C)Cc1ccc(-c2sc(C(C)C)nc2C(=O)O)cc1. The molecule has 0 saturated heterocycles. The van der Waals surface area contributed by atoms with E-state index < -0.39 is 5.97 Å². The molecule has 1 aromatic heterocycles. The Kier molecular flexibility index (Phi) is 4.78. The lowest BCUT2D eigenvalue weighted by Gasteiger charge is -2.06. The molecule has 112 valence electrons. The van der Waals surface area contributed by atoms with Crippen LogP contribution in [0.2, 0.25) is 0 Å². The highest BCUT2D eigenvalue weighted by Crippen LogP contribution is 2.33. The van der Waals surface area contributed by atoms with Crippen LogP contribution in [-0.4, -0.2) is 16.1 Å². The minimum Gasteiger partial charge on any atom is -0.476 e. The highest BCUT2D eigenvalue weighted by Gasteiger charge is 2.20. The van der Waals surface area contributed by atoms with Crippen molar-refractivity contribution in [2.24, 2.45) is 5.92 Å². The molecule has 0 aliphatic heterocycles. The Balaban J connectivity index is 2.38. The number of carboxylic acid groups (broad SMARTS) is 1. The van der Waals surface area contributed by atoms with Crippen molar-refractivity contribution in [3.05, 3.63) is 40.5 Å². The van der Waals surface area contributed by atoms with Crippen LogP contribution in [0.4, 0.5) is 0 Å². The molecule has 1 N–H and O–H groups in total. The number of carbonyl (C=O) groups is 1. The Morgan fingerprint density at radius 2 is 1.81 bits per heavy atom. The summed E-state index contributed by atoms with van der Waals surface area (Å²) in [4.78, 5) is 16.4. The number of carboxylic acids is 1. The molecule has 2 aromatic rings. The summed E-state index contributed by atoms with van der Waals surface area (Å²) in [6.45, 7) is 8.43. The summed E-state index contributed by atoms with van der Waals surface area (Å²) in [6.07, 6.45) is 1.03. The van der Waals surface area contributed by atoms with E-state index in [1.807, 2.05) is 26.0 Å². The molecule has 3 nitrogen and oxygen atoms in total. The zero-order valence-corrected chi connectivity index (χ0v) is 13.7. The van der Waals surface area contributed by atoms with Gasteiger partial charge in [-0.15, -0.1) is 11.3 Å². The second-order valence-electron chi connectivity index (χ2n) is 5.98. The fourth-order valence-electron chi connectivity index (χ4n) is 2.19. The molecule has 0 radical (unpaired) electrons. The van der Waals surface area contributed by atoms with E-state index in [4.69, 9.17) is 0 Å². The fraction of sp³-hybridized carbons (Fsp3) is 0.412. The van der Waals surface area contributed by atoms with Crippen molar-refractivity contribution in [2.75, 3.05) is 0 Å². The van der Waals surface area contributed by atoms with E-state index in [-0.39, 0.29) is 11.6 Å². The maximum absolute atomic E-state index is 11.4. The number of hydrogen-bond acceptors (Lipinski definition) is 3. The second-order valence-corrected chi connectivity index (χ2v) is 7.02. The summed E-state index contributed by atoms with van der Waals surface area (Å²) in [6, 6.07) is 8.16. The maximum Gasteiger partial charge on any atom is 0.356 e. The van der Waals surface area contributed by atoms with Gasteiger partial charge in [0.1, 0.15) is 0 Å². The van der Waals surface area contributed by atoms with Crippen LogP contribution in [0.15, 0.2) is 24.3 Å². The van der Waals surface area contributed by atoms with Crippen molar-refractivity contribution < 1.29 is 9.90 Å². The van der Waals surface area contributed by atoms with Crippen LogP contribution < -0.4 is 0 Å². The normalized spacial score (nSPS) is 11.3. The van der Waals surface area contributed by atoms with E-state index in [0.29, 0.717) is 5.92 Å². The summed E-state index contributed by atoms with van der Waals surface area (Å²) in [5.74, 6) is -0.108. The third-order valence-electron chi connectivity index (χ3n) is 3.20. The standard InChI is InChI=1S/C17H21NO2S/c1-10(2)9-12-5-7-13(8-6-12)15-14(17(19)20)18-16(21-15)11(3)4/h5-8,10-11H,9H2,1-4H3,(H,19,20). The van der Waals surface area contributed by atoms with Crippen LogP contribution in [0.25, 0.3) is 10.4 Å². The lowest BCUT2D eigenvalue weighted by Crippen LogP contribution is -2.00. The molecule has 0 atom stereocenters. The molecule has 0 amide bonds. The smallest absolute Gasteiger partial charge is 0.356 e. The second kappa shape index (κ2) is 6.39. The van der Waals surface area contributed by atoms with Crippen LogP contribution in [0.3, 0.4) is 0 Å². The summed E-state index contributed by atoms with van der Waals surface area (Å²) in [7, 11) is 0. The summed E-state index contributed by atoms with van der Waals surface area (Å²) >= 11 is 1.48. The molecule has 4 heteroatoms. The van der Waals surface area contributed by atoms with Crippen LogP contribution in [0.5, 0.6) is 0 Å². The minimum absolute atomic E-state index is 0.167. The molecule has 0 saturated carbocycles. The Bertz CT molecular complexity index is 627. The predicted molar refractivity (Wildman–Crippen MR) is 87.1 cm³/mol. The zero-order valence-electron chi connectivity index (χ0n) is 12.9. The van der Waals surface area contributed by atoms with Gasteiger partial charge < -0.3 is 5.11 Å². The van der Waals surface area contributed by atoms with Crippen molar-refractivity contribution in [2.45, 2.75) is 40.0 Å². The van der Waals surface area contributed by atoms with Crippen molar-refractivity contribution >= 4 is 17.3 Å². The van der Waals surface area contributed by atoms with Gasteiger partial charge in [0.15, 0.2) is 5.69 Å². The van der Waals surface area contributed by atoms with Gasteiger partial charge in [-0.3, -0.25) is 0 Å². The molecule has 0 bridgehead atoms. The topological polar surface area (TPSA) is 50.2 Å². The Hall–Kier alpha value is -1.68. The average molecular weight is 303 g/mol. The molecule has 0 fully saturated rings. The fourth-order valence-corrected chi connectivity index (χ4v) is 3.25. The first-order chi connectivity index (χ1) is 9.88. The van der Waals surface area contributed by atoms with E-state index in [0.717, 1.165) is 21.9 Å². The Morgan fingerprint density at radius 3 is 2.29 bits per heavy atom.